The molecule has 0 aromatic rings. The van der Waals surface area contributed by atoms with Crippen LogP contribution in [0.15, 0.2) is 4.99 Å². The molecule has 1 rings (SSSR count). The molecule has 1 fully saturated rings. The lowest BCUT2D eigenvalue weighted by Crippen LogP contribution is -2.41. The third-order valence-electron chi connectivity index (χ3n) is 4.29. The number of likely N-dealkylation sites (N-methyl/N-ethyl adjacent to an activating group) is 1. The zero-order valence-corrected chi connectivity index (χ0v) is 18.2. The summed E-state index contributed by atoms with van der Waals surface area (Å²) in [5.74, 6) is 0.913. The van der Waals surface area contributed by atoms with Gasteiger partial charge in [-0.2, -0.15) is 0 Å². The van der Waals surface area contributed by atoms with Crippen LogP contribution >= 0.6 is 24.0 Å². The minimum absolute atomic E-state index is 0. The second-order valence-electron chi connectivity index (χ2n) is 6.33. The highest BCUT2D eigenvalue weighted by molar-refractivity contribution is 14.0. The molecule has 2 N–H and O–H groups in total. The average molecular weight is 455 g/mol. The molecule has 0 aromatic heterocycles. The summed E-state index contributed by atoms with van der Waals surface area (Å²) in [6.07, 6.45) is 6.32. The number of unbranched alkanes of at least 4 members (excludes halogenated alkanes) is 1. The van der Waals surface area contributed by atoms with E-state index in [1.807, 2.05) is 7.05 Å². The fourth-order valence-electron chi connectivity index (χ4n) is 2.85. The zero-order chi connectivity index (χ0) is 16.8. The van der Waals surface area contributed by atoms with Crippen molar-refractivity contribution in [2.45, 2.75) is 32.1 Å². The van der Waals surface area contributed by atoms with Gasteiger partial charge in [0.1, 0.15) is 0 Å². The SMILES string of the molecule is CN=C(NCCCCN1CCCC1)NCCN(C)CCCOC.I. The van der Waals surface area contributed by atoms with Crippen molar-refractivity contribution < 1.29 is 4.74 Å². The highest BCUT2D eigenvalue weighted by atomic mass is 127. The van der Waals surface area contributed by atoms with Crippen LogP contribution in [0.25, 0.3) is 0 Å². The predicted molar refractivity (Wildman–Crippen MR) is 114 cm³/mol. The number of methoxy groups -OCH3 is 1. The second-order valence-corrected chi connectivity index (χ2v) is 6.33. The highest BCUT2D eigenvalue weighted by Crippen LogP contribution is 2.07. The number of guanidine groups is 1. The van der Waals surface area contributed by atoms with Crippen molar-refractivity contribution in [2.24, 2.45) is 4.99 Å². The first-order valence-electron chi connectivity index (χ1n) is 9.10. The Balaban J connectivity index is 0.00000529. The molecule has 1 saturated heterocycles. The topological polar surface area (TPSA) is 52.1 Å². The summed E-state index contributed by atoms with van der Waals surface area (Å²) in [5, 5.41) is 6.78. The molecule has 7 heteroatoms. The van der Waals surface area contributed by atoms with Gasteiger partial charge in [0.15, 0.2) is 5.96 Å². The number of nitrogens with one attached hydrogen (secondary N) is 2. The maximum atomic E-state index is 5.07. The van der Waals surface area contributed by atoms with Crippen LogP contribution in [0.2, 0.25) is 0 Å². The molecule has 144 valence electrons. The number of ether oxygens (including phenoxy) is 1. The van der Waals surface area contributed by atoms with E-state index in [0.717, 1.165) is 45.2 Å². The molecule has 0 amide bonds. The lowest BCUT2D eigenvalue weighted by atomic mass is 10.3. The Morgan fingerprint density at radius 3 is 2.46 bits per heavy atom. The Hall–Kier alpha value is -0.120. The summed E-state index contributed by atoms with van der Waals surface area (Å²) in [7, 11) is 5.73. The lowest BCUT2D eigenvalue weighted by molar-refractivity contribution is 0.180. The lowest BCUT2D eigenvalue weighted by Gasteiger charge is -2.18. The second kappa shape index (κ2) is 16.4. The van der Waals surface area contributed by atoms with E-state index in [-0.39, 0.29) is 24.0 Å². The number of rotatable bonds is 12. The molecule has 24 heavy (non-hydrogen) atoms. The zero-order valence-electron chi connectivity index (χ0n) is 15.9. The summed E-state index contributed by atoms with van der Waals surface area (Å²) in [4.78, 5) is 9.17. The molecule has 0 spiro atoms. The Morgan fingerprint density at radius 1 is 1.08 bits per heavy atom. The van der Waals surface area contributed by atoms with Crippen molar-refractivity contribution in [1.29, 1.82) is 0 Å². The van der Waals surface area contributed by atoms with E-state index in [9.17, 15) is 0 Å². The smallest absolute Gasteiger partial charge is 0.191 e. The van der Waals surface area contributed by atoms with Crippen LogP contribution in [0.1, 0.15) is 32.1 Å². The van der Waals surface area contributed by atoms with E-state index in [1.165, 1.54) is 45.3 Å². The first kappa shape index (κ1) is 23.9. The van der Waals surface area contributed by atoms with E-state index >= 15 is 0 Å². The molecule has 1 aliphatic heterocycles. The first-order chi connectivity index (χ1) is 11.3. The van der Waals surface area contributed by atoms with E-state index in [0.29, 0.717) is 0 Å². The maximum Gasteiger partial charge on any atom is 0.191 e. The number of aliphatic imine (C=N–C) groups is 1. The molecule has 0 aromatic carbocycles. The number of halogens is 1. The van der Waals surface area contributed by atoms with Gasteiger partial charge in [-0.1, -0.05) is 0 Å². The van der Waals surface area contributed by atoms with Crippen LogP contribution in [0.3, 0.4) is 0 Å². The van der Waals surface area contributed by atoms with Gasteiger partial charge < -0.3 is 25.2 Å². The third kappa shape index (κ3) is 12.3. The van der Waals surface area contributed by atoms with E-state index in [1.54, 1.807) is 7.11 Å². The van der Waals surface area contributed by atoms with Gasteiger partial charge in [-0.3, -0.25) is 4.99 Å². The van der Waals surface area contributed by atoms with Crippen LogP contribution in [0.4, 0.5) is 0 Å². The van der Waals surface area contributed by atoms with Crippen molar-refractivity contribution in [1.82, 2.24) is 20.4 Å². The van der Waals surface area contributed by atoms with E-state index in [2.05, 4.69) is 32.5 Å². The summed E-state index contributed by atoms with van der Waals surface area (Å²) >= 11 is 0. The van der Waals surface area contributed by atoms with Crippen molar-refractivity contribution in [2.75, 3.05) is 73.6 Å². The molecule has 1 aliphatic rings. The van der Waals surface area contributed by atoms with Crippen LogP contribution in [0, 0.1) is 0 Å². The highest BCUT2D eigenvalue weighted by Gasteiger charge is 2.10. The third-order valence-corrected chi connectivity index (χ3v) is 4.29. The van der Waals surface area contributed by atoms with Gasteiger partial charge in [-0.25, -0.2) is 0 Å². The largest absolute Gasteiger partial charge is 0.385 e. The van der Waals surface area contributed by atoms with Crippen molar-refractivity contribution >= 4 is 29.9 Å². The monoisotopic (exact) mass is 455 g/mol. The fourth-order valence-corrected chi connectivity index (χ4v) is 2.85. The standard InChI is InChI=1S/C17H37N5O.HI/c1-18-17(20-10-15-21(2)11-8-16-23-3)19-9-4-5-12-22-13-6-7-14-22;/h4-16H2,1-3H3,(H2,18,19,20);1H. The molecule has 1 heterocycles. The van der Waals surface area contributed by atoms with Crippen LogP contribution in [-0.2, 0) is 4.74 Å². The number of likely N-dealkylation sites (tertiary alicyclic amines) is 1. The Bertz CT molecular complexity index is 311. The van der Waals surface area contributed by atoms with Gasteiger partial charge >= 0.3 is 0 Å². The van der Waals surface area contributed by atoms with Crippen molar-refractivity contribution in [3.8, 4) is 0 Å². The Morgan fingerprint density at radius 2 is 1.79 bits per heavy atom. The quantitative estimate of drug-likeness (QED) is 0.203. The normalized spacial score (nSPS) is 15.6. The van der Waals surface area contributed by atoms with Crippen LogP contribution < -0.4 is 10.6 Å². The maximum absolute atomic E-state index is 5.07. The molecular weight excluding hydrogens is 417 g/mol. The molecule has 0 saturated carbocycles. The van der Waals surface area contributed by atoms with Crippen LogP contribution in [-0.4, -0.2) is 89.4 Å². The van der Waals surface area contributed by atoms with E-state index < -0.39 is 0 Å². The van der Waals surface area contributed by atoms with Gasteiger partial charge in [-0.15, -0.1) is 24.0 Å². The minimum Gasteiger partial charge on any atom is -0.385 e. The summed E-state index contributed by atoms with van der Waals surface area (Å²) in [6.45, 7) is 8.67. The van der Waals surface area contributed by atoms with Gasteiger partial charge in [-0.05, 0) is 58.8 Å². The number of hydrogen-bond donors (Lipinski definition) is 2. The van der Waals surface area contributed by atoms with Gasteiger partial charge in [0, 0.05) is 46.9 Å². The summed E-state index contributed by atoms with van der Waals surface area (Å²) in [6, 6.07) is 0. The molecule has 6 nitrogen and oxygen atoms in total. The van der Waals surface area contributed by atoms with Crippen molar-refractivity contribution in [3.63, 3.8) is 0 Å². The average Bonchev–Trinajstić information content (AvgIpc) is 3.06. The van der Waals surface area contributed by atoms with Gasteiger partial charge in [0.2, 0.25) is 0 Å². The Labute approximate surface area is 165 Å². The van der Waals surface area contributed by atoms with Crippen molar-refractivity contribution in [3.05, 3.63) is 0 Å². The first-order valence-corrected chi connectivity index (χ1v) is 9.10. The number of hydrogen-bond acceptors (Lipinski definition) is 4. The van der Waals surface area contributed by atoms with Gasteiger partial charge in [0.25, 0.3) is 0 Å². The fraction of sp³-hybridized carbons (Fsp3) is 0.941. The minimum atomic E-state index is 0. The summed E-state index contributed by atoms with van der Waals surface area (Å²) in [5.41, 5.74) is 0. The predicted octanol–water partition coefficient (Wildman–Crippen LogP) is 1.61. The molecule has 0 unspecified atom stereocenters. The van der Waals surface area contributed by atoms with E-state index in [4.69, 9.17) is 4.74 Å². The molecule has 0 bridgehead atoms. The van der Waals surface area contributed by atoms with Gasteiger partial charge in [0.05, 0.1) is 0 Å². The molecule has 0 aliphatic carbocycles. The Kier molecular flexibility index (Phi) is 16.3. The van der Waals surface area contributed by atoms with Crippen LogP contribution in [0.5, 0.6) is 0 Å². The summed E-state index contributed by atoms with van der Waals surface area (Å²) < 4.78 is 5.07. The molecule has 0 radical (unpaired) electrons. The number of nitrogens with zero attached hydrogens (tertiary/aromatic N) is 3. The molecular formula is C17H38IN5O. The molecule has 0 atom stereocenters.